The molecule has 0 fully saturated rings. The lowest BCUT2D eigenvalue weighted by atomic mass is 10.0. The summed E-state index contributed by atoms with van der Waals surface area (Å²) >= 11 is 0. The first-order valence-corrected chi connectivity index (χ1v) is 6.93. The number of hydrogen-bond donors (Lipinski definition) is 1. The van der Waals surface area contributed by atoms with E-state index in [1.807, 2.05) is 26.0 Å². The maximum absolute atomic E-state index is 12.4. The third-order valence-corrected chi connectivity index (χ3v) is 3.21. The van der Waals surface area contributed by atoms with Crippen LogP contribution in [0.1, 0.15) is 37.0 Å². The topological polar surface area (TPSA) is 47.6 Å². The molecule has 1 heterocycles. The van der Waals surface area contributed by atoms with E-state index in [1.54, 1.807) is 6.07 Å². The van der Waals surface area contributed by atoms with Crippen molar-refractivity contribution in [3.05, 3.63) is 23.8 Å². The summed E-state index contributed by atoms with van der Waals surface area (Å²) in [5.41, 5.74) is 0.678. The predicted octanol–water partition coefficient (Wildman–Crippen LogP) is 2.42. The number of benzene rings is 1. The van der Waals surface area contributed by atoms with Crippen molar-refractivity contribution in [1.82, 2.24) is 5.32 Å². The van der Waals surface area contributed by atoms with Crippen molar-refractivity contribution in [2.45, 2.75) is 32.7 Å². The Hall–Kier alpha value is -1.55. The van der Waals surface area contributed by atoms with Crippen molar-refractivity contribution < 1.29 is 14.3 Å². The largest absolute Gasteiger partial charge is 0.490 e. The van der Waals surface area contributed by atoms with Crippen molar-refractivity contribution in [3.63, 3.8) is 0 Å². The lowest BCUT2D eigenvalue weighted by Crippen LogP contribution is -2.36. The van der Waals surface area contributed by atoms with Crippen LogP contribution in [0.3, 0.4) is 0 Å². The molecule has 1 aliphatic rings. The van der Waals surface area contributed by atoms with Crippen LogP contribution in [0.15, 0.2) is 18.2 Å². The Bertz CT molecular complexity index is 445. The number of rotatable bonds is 5. The van der Waals surface area contributed by atoms with Crippen molar-refractivity contribution in [3.8, 4) is 11.5 Å². The molecular weight excluding hydrogens is 242 g/mol. The first-order valence-electron chi connectivity index (χ1n) is 6.93. The molecule has 1 atom stereocenters. The van der Waals surface area contributed by atoms with Crippen LogP contribution in [0.2, 0.25) is 0 Å². The van der Waals surface area contributed by atoms with Crippen LogP contribution in [0.5, 0.6) is 11.5 Å². The molecule has 1 aliphatic heterocycles. The summed E-state index contributed by atoms with van der Waals surface area (Å²) < 4.78 is 11.2. The molecule has 0 radical (unpaired) electrons. The minimum absolute atomic E-state index is 0.111. The molecule has 4 nitrogen and oxygen atoms in total. The predicted molar refractivity (Wildman–Crippen MR) is 74.1 cm³/mol. The van der Waals surface area contributed by atoms with Gasteiger partial charge in [0.1, 0.15) is 0 Å². The van der Waals surface area contributed by atoms with E-state index in [0.717, 1.165) is 25.1 Å². The zero-order valence-corrected chi connectivity index (χ0v) is 11.6. The molecule has 1 N–H and O–H groups in total. The smallest absolute Gasteiger partial charge is 0.179 e. The van der Waals surface area contributed by atoms with Gasteiger partial charge < -0.3 is 14.8 Å². The van der Waals surface area contributed by atoms with E-state index < -0.39 is 0 Å². The van der Waals surface area contributed by atoms with Crippen LogP contribution in [-0.2, 0) is 0 Å². The Labute approximate surface area is 114 Å². The van der Waals surface area contributed by atoms with Crippen LogP contribution >= 0.6 is 0 Å². The molecule has 1 unspecified atom stereocenters. The van der Waals surface area contributed by atoms with Crippen molar-refractivity contribution >= 4 is 5.78 Å². The number of nitrogens with one attached hydrogen (secondary N) is 1. The fraction of sp³-hybridized carbons (Fsp3) is 0.533. The monoisotopic (exact) mass is 263 g/mol. The Morgan fingerprint density at radius 2 is 2.00 bits per heavy atom. The molecular formula is C15H21NO3. The molecule has 1 aromatic carbocycles. The number of fused-ring (bicyclic) bond motifs is 1. The van der Waals surface area contributed by atoms with Gasteiger partial charge in [-0.1, -0.05) is 13.8 Å². The van der Waals surface area contributed by atoms with Gasteiger partial charge in [0.15, 0.2) is 17.3 Å². The summed E-state index contributed by atoms with van der Waals surface area (Å²) in [6.07, 6.45) is 1.65. The van der Waals surface area contributed by atoms with Gasteiger partial charge in [0, 0.05) is 12.0 Å². The second-order valence-corrected chi connectivity index (χ2v) is 4.59. The van der Waals surface area contributed by atoms with E-state index in [2.05, 4.69) is 5.32 Å². The number of carbonyl (C=O) groups is 1. The van der Waals surface area contributed by atoms with Gasteiger partial charge >= 0.3 is 0 Å². The van der Waals surface area contributed by atoms with Gasteiger partial charge in [-0.3, -0.25) is 4.79 Å². The standard InChI is InChI=1S/C15H21NO3/c1-3-12(16-4-2)15(17)11-6-7-13-14(10-11)19-9-5-8-18-13/h6-7,10,12,16H,3-5,8-9H2,1-2H3. The van der Waals surface area contributed by atoms with Gasteiger partial charge in [0.05, 0.1) is 19.3 Å². The molecule has 0 aliphatic carbocycles. The molecule has 1 aromatic rings. The second-order valence-electron chi connectivity index (χ2n) is 4.59. The molecule has 0 spiro atoms. The SMILES string of the molecule is CCNC(CC)C(=O)c1ccc2c(c1)OCCCO2. The van der Waals surface area contributed by atoms with Crippen LogP contribution in [0.25, 0.3) is 0 Å². The minimum atomic E-state index is -0.130. The third-order valence-electron chi connectivity index (χ3n) is 3.21. The van der Waals surface area contributed by atoms with E-state index in [1.165, 1.54) is 0 Å². The van der Waals surface area contributed by atoms with Crippen LogP contribution < -0.4 is 14.8 Å². The van der Waals surface area contributed by atoms with E-state index in [-0.39, 0.29) is 11.8 Å². The Kier molecular flexibility index (Phi) is 4.80. The second kappa shape index (κ2) is 6.57. The highest BCUT2D eigenvalue weighted by molar-refractivity contribution is 6.00. The summed E-state index contributed by atoms with van der Waals surface area (Å²) in [5, 5.41) is 3.20. The number of ether oxygens (including phenoxy) is 2. The first kappa shape index (κ1) is 13.9. The summed E-state index contributed by atoms with van der Waals surface area (Å²) in [6.45, 7) is 6.09. The third kappa shape index (κ3) is 3.26. The fourth-order valence-corrected chi connectivity index (χ4v) is 2.19. The molecule has 0 bridgehead atoms. The molecule has 0 aromatic heterocycles. The Morgan fingerprint density at radius 1 is 1.26 bits per heavy atom. The molecule has 0 saturated carbocycles. The number of ketones is 1. The van der Waals surface area contributed by atoms with Gasteiger partial charge in [-0.25, -0.2) is 0 Å². The molecule has 4 heteroatoms. The molecule has 0 amide bonds. The van der Waals surface area contributed by atoms with E-state index in [9.17, 15) is 4.79 Å². The van der Waals surface area contributed by atoms with Crippen LogP contribution in [0.4, 0.5) is 0 Å². The fourth-order valence-electron chi connectivity index (χ4n) is 2.19. The average Bonchev–Trinajstić information content (AvgIpc) is 2.68. The molecule has 0 saturated heterocycles. The quantitative estimate of drug-likeness (QED) is 0.829. The van der Waals surface area contributed by atoms with Crippen molar-refractivity contribution in [2.24, 2.45) is 0 Å². The van der Waals surface area contributed by atoms with E-state index in [4.69, 9.17) is 9.47 Å². The zero-order valence-electron chi connectivity index (χ0n) is 11.6. The maximum Gasteiger partial charge on any atom is 0.179 e. The number of likely N-dealkylation sites (N-methyl/N-ethyl adjacent to an activating group) is 1. The lowest BCUT2D eigenvalue weighted by Gasteiger charge is -2.15. The lowest BCUT2D eigenvalue weighted by molar-refractivity contribution is 0.0941. The average molecular weight is 263 g/mol. The molecule has 2 rings (SSSR count). The molecule has 19 heavy (non-hydrogen) atoms. The number of hydrogen-bond acceptors (Lipinski definition) is 4. The minimum Gasteiger partial charge on any atom is -0.490 e. The highest BCUT2D eigenvalue weighted by Gasteiger charge is 2.19. The van der Waals surface area contributed by atoms with Crippen LogP contribution in [0, 0.1) is 0 Å². The zero-order chi connectivity index (χ0) is 13.7. The van der Waals surface area contributed by atoms with Gasteiger partial charge in [0.2, 0.25) is 0 Å². The Balaban J connectivity index is 2.20. The highest BCUT2D eigenvalue weighted by atomic mass is 16.5. The van der Waals surface area contributed by atoms with E-state index >= 15 is 0 Å². The van der Waals surface area contributed by atoms with Crippen molar-refractivity contribution in [2.75, 3.05) is 19.8 Å². The normalized spacial score (nSPS) is 15.7. The van der Waals surface area contributed by atoms with Crippen LogP contribution in [-0.4, -0.2) is 31.6 Å². The van der Waals surface area contributed by atoms with Crippen molar-refractivity contribution in [1.29, 1.82) is 0 Å². The maximum atomic E-state index is 12.4. The molecule has 104 valence electrons. The highest BCUT2D eigenvalue weighted by Crippen LogP contribution is 2.30. The van der Waals surface area contributed by atoms with Gasteiger partial charge in [-0.05, 0) is 31.2 Å². The summed E-state index contributed by atoms with van der Waals surface area (Å²) in [7, 11) is 0. The van der Waals surface area contributed by atoms with E-state index in [0.29, 0.717) is 24.5 Å². The number of carbonyl (C=O) groups excluding carboxylic acids is 1. The van der Waals surface area contributed by atoms with Gasteiger partial charge in [0.25, 0.3) is 0 Å². The summed E-state index contributed by atoms with van der Waals surface area (Å²) in [4.78, 5) is 12.4. The van der Waals surface area contributed by atoms with Gasteiger partial charge in [-0.15, -0.1) is 0 Å². The summed E-state index contributed by atoms with van der Waals surface area (Å²) in [6, 6.07) is 5.31. The summed E-state index contributed by atoms with van der Waals surface area (Å²) in [5.74, 6) is 1.51. The van der Waals surface area contributed by atoms with Gasteiger partial charge in [-0.2, -0.15) is 0 Å². The Morgan fingerprint density at radius 3 is 2.68 bits per heavy atom. The first-order chi connectivity index (χ1) is 9.26. The number of Topliss-reactive ketones (excluding diaryl/α,β-unsaturated/α-hetero) is 1.